The average Bonchev–Trinajstić information content (AvgIpc) is 3.12. The lowest BCUT2D eigenvalue weighted by atomic mass is 9.98. The molecule has 162 valence electrons. The summed E-state index contributed by atoms with van der Waals surface area (Å²) in [7, 11) is 1.58. The van der Waals surface area contributed by atoms with Crippen molar-refractivity contribution in [3.8, 4) is 11.5 Å². The van der Waals surface area contributed by atoms with Gasteiger partial charge in [0.1, 0.15) is 11.6 Å². The third kappa shape index (κ3) is 6.52. The van der Waals surface area contributed by atoms with Crippen molar-refractivity contribution < 1.29 is 28.5 Å². The maximum Gasteiger partial charge on any atom is 0.408 e. The van der Waals surface area contributed by atoms with Gasteiger partial charge in [-0.2, -0.15) is 0 Å². The minimum Gasteiger partial charge on any atom is -0.454 e. The number of hydrogen-bond acceptors (Lipinski definition) is 6. The molecule has 0 saturated heterocycles. The maximum atomic E-state index is 12.8. The Bertz CT molecular complexity index is 716. The topological polar surface area (TPSA) is 95.1 Å². The van der Waals surface area contributed by atoms with Crippen LogP contribution in [0.3, 0.4) is 0 Å². The van der Waals surface area contributed by atoms with Gasteiger partial charge in [0, 0.05) is 13.7 Å². The van der Waals surface area contributed by atoms with Crippen molar-refractivity contribution in [2.75, 3.05) is 20.4 Å². The molecule has 1 heterocycles. The fourth-order valence-electron chi connectivity index (χ4n) is 2.89. The molecule has 2 amide bonds. The maximum absolute atomic E-state index is 12.8. The number of nitrogens with one attached hydrogen (secondary N) is 2. The number of carbonyl (C=O) groups is 2. The molecule has 1 aliphatic heterocycles. The SMILES string of the molecule is CCC(C)C(NC(=O)OC(C)(C)C)C(=O)NCC(OC)c1ccc2c(c1)OCO2. The van der Waals surface area contributed by atoms with E-state index in [4.69, 9.17) is 18.9 Å². The van der Waals surface area contributed by atoms with Crippen LogP contribution in [0.15, 0.2) is 18.2 Å². The van der Waals surface area contributed by atoms with E-state index < -0.39 is 17.7 Å². The molecule has 1 aromatic carbocycles. The first-order valence-corrected chi connectivity index (χ1v) is 9.84. The summed E-state index contributed by atoms with van der Waals surface area (Å²) in [4.78, 5) is 25.0. The largest absolute Gasteiger partial charge is 0.454 e. The number of amides is 2. The summed E-state index contributed by atoms with van der Waals surface area (Å²) in [6.45, 7) is 9.65. The molecule has 3 atom stereocenters. The molecule has 1 aliphatic rings. The number of benzene rings is 1. The van der Waals surface area contributed by atoms with Crippen LogP contribution in [0.2, 0.25) is 0 Å². The Kier molecular flexibility index (Phi) is 7.73. The van der Waals surface area contributed by atoms with Crippen molar-refractivity contribution in [1.29, 1.82) is 0 Å². The van der Waals surface area contributed by atoms with Gasteiger partial charge in [-0.25, -0.2) is 4.79 Å². The van der Waals surface area contributed by atoms with Crippen molar-refractivity contribution in [3.63, 3.8) is 0 Å². The second kappa shape index (κ2) is 9.82. The molecule has 0 saturated carbocycles. The zero-order chi connectivity index (χ0) is 21.6. The molecule has 0 spiro atoms. The van der Waals surface area contributed by atoms with E-state index in [1.807, 2.05) is 32.0 Å². The van der Waals surface area contributed by atoms with Crippen molar-refractivity contribution in [1.82, 2.24) is 10.6 Å². The van der Waals surface area contributed by atoms with Gasteiger partial charge in [-0.05, 0) is 44.4 Å². The Hall–Kier alpha value is -2.48. The van der Waals surface area contributed by atoms with E-state index in [2.05, 4.69) is 10.6 Å². The van der Waals surface area contributed by atoms with E-state index in [0.717, 1.165) is 12.0 Å². The van der Waals surface area contributed by atoms with Crippen molar-refractivity contribution in [3.05, 3.63) is 23.8 Å². The van der Waals surface area contributed by atoms with E-state index >= 15 is 0 Å². The number of carbonyl (C=O) groups excluding carboxylic acids is 2. The Morgan fingerprint density at radius 2 is 1.90 bits per heavy atom. The summed E-state index contributed by atoms with van der Waals surface area (Å²) >= 11 is 0. The smallest absolute Gasteiger partial charge is 0.408 e. The molecule has 0 aromatic heterocycles. The second-order valence-corrected chi connectivity index (χ2v) is 8.09. The summed E-state index contributed by atoms with van der Waals surface area (Å²) in [5.74, 6) is 0.994. The number of alkyl carbamates (subject to hydrolysis) is 1. The molecule has 3 unspecified atom stereocenters. The molecule has 1 aromatic rings. The predicted octanol–water partition coefficient (Wildman–Crippen LogP) is 3.16. The van der Waals surface area contributed by atoms with Crippen LogP contribution in [0, 0.1) is 5.92 Å². The Labute approximate surface area is 172 Å². The van der Waals surface area contributed by atoms with E-state index in [9.17, 15) is 9.59 Å². The fraction of sp³-hybridized carbons (Fsp3) is 0.619. The minimum atomic E-state index is -0.705. The molecule has 0 aliphatic carbocycles. The van der Waals surface area contributed by atoms with Gasteiger partial charge in [-0.3, -0.25) is 4.79 Å². The summed E-state index contributed by atoms with van der Waals surface area (Å²) in [5.41, 5.74) is 0.221. The Morgan fingerprint density at radius 1 is 1.21 bits per heavy atom. The standard InChI is InChI=1S/C21H32N2O6/c1-7-13(2)18(23-20(25)29-21(3,4)5)19(24)22-11-17(26-6)14-8-9-15-16(10-14)28-12-27-15/h8-10,13,17-18H,7,11-12H2,1-6H3,(H,22,24)(H,23,25). The fourth-order valence-corrected chi connectivity index (χ4v) is 2.89. The van der Waals surface area contributed by atoms with Crippen LogP contribution in [0.25, 0.3) is 0 Å². The number of hydrogen-bond donors (Lipinski definition) is 2. The van der Waals surface area contributed by atoms with Crippen LogP contribution < -0.4 is 20.1 Å². The first kappa shape index (κ1) is 22.8. The van der Waals surface area contributed by atoms with Crippen molar-refractivity contribution in [2.45, 2.75) is 58.8 Å². The Balaban J connectivity index is 2.01. The van der Waals surface area contributed by atoms with E-state index in [0.29, 0.717) is 11.5 Å². The van der Waals surface area contributed by atoms with Crippen LogP contribution in [0.1, 0.15) is 52.7 Å². The molecule has 0 fully saturated rings. The van der Waals surface area contributed by atoms with E-state index in [-0.39, 0.29) is 31.3 Å². The molecule has 0 radical (unpaired) electrons. The van der Waals surface area contributed by atoms with Gasteiger partial charge < -0.3 is 29.6 Å². The summed E-state index contributed by atoms with van der Waals surface area (Å²) in [5, 5.41) is 5.57. The second-order valence-electron chi connectivity index (χ2n) is 8.09. The molecule has 8 nitrogen and oxygen atoms in total. The first-order valence-electron chi connectivity index (χ1n) is 9.84. The zero-order valence-corrected chi connectivity index (χ0v) is 18.0. The van der Waals surface area contributed by atoms with Crippen LogP contribution in [-0.4, -0.2) is 44.1 Å². The van der Waals surface area contributed by atoms with Crippen molar-refractivity contribution >= 4 is 12.0 Å². The summed E-state index contributed by atoms with van der Waals surface area (Å²) in [6, 6.07) is 4.83. The number of fused-ring (bicyclic) bond motifs is 1. The molecule has 0 bridgehead atoms. The van der Waals surface area contributed by atoms with Gasteiger partial charge in [-0.1, -0.05) is 26.3 Å². The van der Waals surface area contributed by atoms with Crippen LogP contribution in [0.4, 0.5) is 4.79 Å². The van der Waals surface area contributed by atoms with E-state index in [1.165, 1.54) is 0 Å². The molecule has 2 N–H and O–H groups in total. The lowest BCUT2D eigenvalue weighted by Gasteiger charge is -2.27. The summed E-state index contributed by atoms with van der Waals surface area (Å²) in [6.07, 6.45) is -0.256. The highest BCUT2D eigenvalue weighted by atomic mass is 16.7. The lowest BCUT2D eigenvalue weighted by molar-refractivity contribution is -0.125. The lowest BCUT2D eigenvalue weighted by Crippen LogP contribution is -2.52. The van der Waals surface area contributed by atoms with Gasteiger partial charge in [0.2, 0.25) is 12.7 Å². The number of rotatable bonds is 8. The molecule has 2 rings (SSSR count). The van der Waals surface area contributed by atoms with E-state index in [1.54, 1.807) is 27.9 Å². The molecule has 8 heteroatoms. The predicted molar refractivity (Wildman–Crippen MR) is 108 cm³/mol. The van der Waals surface area contributed by atoms with Gasteiger partial charge in [-0.15, -0.1) is 0 Å². The summed E-state index contributed by atoms with van der Waals surface area (Å²) < 4.78 is 21.6. The van der Waals surface area contributed by atoms with Crippen LogP contribution >= 0.6 is 0 Å². The molecule has 29 heavy (non-hydrogen) atoms. The monoisotopic (exact) mass is 408 g/mol. The van der Waals surface area contributed by atoms with Crippen LogP contribution in [0.5, 0.6) is 11.5 Å². The van der Waals surface area contributed by atoms with Gasteiger partial charge in [0.15, 0.2) is 11.5 Å². The number of methoxy groups -OCH3 is 1. The van der Waals surface area contributed by atoms with Gasteiger partial charge in [0.25, 0.3) is 0 Å². The third-order valence-corrected chi connectivity index (χ3v) is 4.68. The zero-order valence-electron chi connectivity index (χ0n) is 18.0. The highest BCUT2D eigenvalue weighted by molar-refractivity contribution is 5.86. The third-order valence-electron chi connectivity index (χ3n) is 4.68. The highest BCUT2D eigenvalue weighted by Crippen LogP contribution is 2.34. The van der Waals surface area contributed by atoms with Gasteiger partial charge in [0.05, 0.1) is 6.10 Å². The first-order chi connectivity index (χ1) is 13.6. The van der Waals surface area contributed by atoms with Crippen molar-refractivity contribution in [2.24, 2.45) is 5.92 Å². The Morgan fingerprint density at radius 3 is 2.52 bits per heavy atom. The van der Waals surface area contributed by atoms with Crippen LogP contribution in [-0.2, 0) is 14.3 Å². The number of ether oxygens (including phenoxy) is 4. The minimum absolute atomic E-state index is 0.0611. The normalized spacial score (nSPS) is 15.9. The molecular weight excluding hydrogens is 376 g/mol. The quantitative estimate of drug-likeness (QED) is 0.686. The molecular formula is C21H32N2O6. The average molecular weight is 408 g/mol. The highest BCUT2D eigenvalue weighted by Gasteiger charge is 2.29. The van der Waals surface area contributed by atoms with Gasteiger partial charge >= 0.3 is 6.09 Å².